The van der Waals surface area contributed by atoms with Crippen molar-refractivity contribution in [1.29, 1.82) is 0 Å². The molecule has 10 heteroatoms. The molecule has 2 aliphatic rings. The predicted octanol–water partition coefficient (Wildman–Crippen LogP) is 1.98. The summed E-state index contributed by atoms with van der Waals surface area (Å²) in [7, 11) is 3.34. The van der Waals surface area contributed by atoms with Gasteiger partial charge in [0.1, 0.15) is 19.2 Å². The van der Waals surface area contributed by atoms with Crippen LogP contribution in [0.4, 0.5) is 10.5 Å². The average Bonchev–Trinajstić information content (AvgIpc) is 2.98. The van der Waals surface area contributed by atoms with E-state index in [9.17, 15) is 15.0 Å². The van der Waals surface area contributed by atoms with Crippen LogP contribution in [0.1, 0.15) is 23.5 Å². The minimum absolute atomic E-state index is 0.166. The smallest absolute Gasteiger partial charge is 0.188 e. The molecule has 1 unspecified atom stereocenters. The van der Waals surface area contributed by atoms with Crippen LogP contribution in [0.2, 0.25) is 0 Å². The van der Waals surface area contributed by atoms with E-state index in [0.717, 1.165) is 42.1 Å². The Morgan fingerprint density at radius 3 is 2.58 bits per heavy atom. The maximum absolute atomic E-state index is 11.9. The maximum atomic E-state index is 11.9. The number of carboxylic acid groups (broad SMARTS) is 1. The van der Waals surface area contributed by atoms with E-state index in [1.54, 1.807) is 14.2 Å². The van der Waals surface area contributed by atoms with Crippen molar-refractivity contribution >= 4 is 11.8 Å². The molecule has 0 radical (unpaired) electrons. The number of carbonyl (C=O) groups excluding carboxylic acids is 1. The number of ether oxygens (including phenoxy) is 5. The zero-order valence-corrected chi connectivity index (χ0v) is 23.5. The molecule has 2 aliphatic heterocycles. The zero-order chi connectivity index (χ0) is 28.4. The van der Waals surface area contributed by atoms with Gasteiger partial charge in [-0.2, -0.15) is 0 Å². The van der Waals surface area contributed by atoms with Gasteiger partial charge < -0.3 is 43.6 Å². The van der Waals surface area contributed by atoms with E-state index < -0.39 is 12.2 Å². The Kier molecular flexibility index (Phi) is 11.2. The van der Waals surface area contributed by atoms with Crippen molar-refractivity contribution in [2.75, 3.05) is 80.2 Å². The summed E-state index contributed by atoms with van der Waals surface area (Å²) in [5, 5.41) is 22.3. The highest BCUT2D eigenvalue weighted by Crippen LogP contribution is 2.39. The number of rotatable bonds is 14. The van der Waals surface area contributed by atoms with Gasteiger partial charge in [0.15, 0.2) is 18.2 Å². The Bertz CT molecular complexity index is 1070. The summed E-state index contributed by atoms with van der Waals surface area (Å²) in [6, 6.07) is 16.1. The Hall–Kier alpha value is -2.73. The second-order valence-electron chi connectivity index (χ2n) is 10.5. The average molecular weight is 559 g/mol. The molecule has 1 saturated heterocycles. The summed E-state index contributed by atoms with van der Waals surface area (Å²) >= 11 is 0. The number of aliphatic hydroxyl groups excluding tert-OH is 1. The lowest BCUT2D eigenvalue weighted by molar-refractivity contribution is -0.270. The van der Waals surface area contributed by atoms with Crippen LogP contribution in [0.3, 0.4) is 0 Å². The van der Waals surface area contributed by atoms with Crippen LogP contribution >= 0.6 is 0 Å². The van der Waals surface area contributed by atoms with Crippen molar-refractivity contribution in [2.45, 2.75) is 25.0 Å². The third kappa shape index (κ3) is 7.31. The van der Waals surface area contributed by atoms with E-state index in [1.165, 1.54) is 4.90 Å². The van der Waals surface area contributed by atoms with Gasteiger partial charge in [-0.15, -0.1) is 0 Å². The number of hydrogen-bond donors (Lipinski definition) is 1. The number of benzene rings is 2. The van der Waals surface area contributed by atoms with E-state index in [4.69, 9.17) is 23.7 Å². The van der Waals surface area contributed by atoms with Crippen molar-refractivity contribution in [3.63, 3.8) is 0 Å². The lowest BCUT2D eigenvalue weighted by Gasteiger charge is -2.46. The highest BCUT2D eigenvalue weighted by atomic mass is 16.5. The van der Waals surface area contributed by atoms with Gasteiger partial charge in [0.05, 0.1) is 39.1 Å². The number of para-hydroxylation sites is 2. The number of fused-ring (bicyclic) bond motifs is 1. The van der Waals surface area contributed by atoms with Gasteiger partial charge in [-0.05, 0) is 17.2 Å². The van der Waals surface area contributed by atoms with Crippen LogP contribution in [-0.4, -0.2) is 102 Å². The van der Waals surface area contributed by atoms with Crippen molar-refractivity contribution in [3.8, 4) is 5.75 Å². The van der Waals surface area contributed by atoms with Crippen LogP contribution in [0.25, 0.3) is 0 Å². The Labute approximate surface area is 236 Å². The van der Waals surface area contributed by atoms with Gasteiger partial charge in [0.25, 0.3) is 0 Å². The molecule has 10 nitrogen and oxygen atoms in total. The van der Waals surface area contributed by atoms with Gasteiger partial charge in [0.2, 0.25) is 0 Å². The minimum Gasteiger partial charge on any atom is -0.530 e. The fourth-order valence-corrected chi connectivity index (χ4v) is 5.84. The SMILES string of the molecule is COCCC[N+]1(CO[C@H]2CN(C(=O)[O-])C[C@@H](CO)[C@@H]2c2ccc(COCCOC)cc2)CCOc2ccccc21. The van der Waals surface area contributed by atoms with Crippen molar-refractivity contribution in [1.82, 2.24) is 9.38 Å². The molecular formula is C30H42N2O8. The number of amides is 1. The fraction of sp³-hybridized carbons (Fsp3) is 0.567. The number of methoxy groups -OCH3 is 2. The van der Waals surface area contributed by atoms with Crippen LogP contribution in [0.15, 0.2) is 48.5 Å². The number of aliphatic hydroxyl groups is 1. The lowest BCUT2D eigenvalue weighted by atomic mass is 9.78. The molecule has 4 rings (SSSR count). The number of carbonyl (C=O) groups is 1. The summed E-state index contributed by atoms with van der Waals surface area (Å²) in [4.78, 5) is 13.2. The normalized spacial score (nSPS) is 24.4. The molecule has 2 aromatic rings. The number of likely N-dealkylation sites (tertiary alicyclic amines) is 1. The van der Waals surface area contributed by atoms with E-state index >= 15 is 0 Å². The Morgan fingerprint density at radius 2 is 1.85 bits per heavy atom. The molecule has 4 atom stereocenters. The molecule has 1 amide bonds. The number of hydrogen-bond acceptors (Lipinski definition) is 8. The molecule has 1 fully saturated rings. The lowest BCUT2D eigenvalue weighted by Crippen LogP contribution is -2.59. The molecule has 0 bridgehead atoms. The van der Waals surface area contributed by atoms with Gasteiger partial charge >= 0.3 is 0 Å². The Morgan fingerprint density at radius 1 is 1.07 bits per heavy atom. The van der Waals surface area contributed by atoms with Crippen LogP contribution in [-0.2, 0) is 25.6 Å². The van der Waals surface area contributed by atoms with Crippen molar-refractivity contribution in [3.05, 3.63) is 59.7 Å². The summed E-state index contributed by atoms with van der Waals surface area (Å²) in [6.45, 7) is 4.75. The number of piperidine rings is 1. The van der Waals surface area contributed by atoms with Crippen LogP contribution in [0, 0.1) is 5.92 Å². The first-order chi connectivity index (χ1) is 19.5. The van der Waals surface area contributed by atoms with Gasteiger partial charge in [-0.25, -0.2) is 0 Å². The molecule has 0 spiro atoms. The van der Waals surface area contributed by atoms with E-state index in [-0.39, 0.29) is 31.5 Å². The molecule has 2 aromatic carbocycles. The van der Waals surface area contributed by atoms with Crippen LogP contribution in [0.5, 0.6) is 5.75 Å². The van der Waals surface area contributed by atoms with Gasteiger partial charge in [-0.1, -0.05) is 36.4 Å². The third-order valence-corrected chi connectivity index (χ3v) is 7.95. The maximum Gasteiger partial charge on any atom is 0.188 e. The highest BCUT2D eigenvalue weighted by Gasteiger charge is 2.42. The van der Waals surface area contributed by atoms with Crippen molar-refractivity contribution in [2.24, 2.45) is 5.92 Å². The summed E-state index contributed by atoms with van der Waals surface area (Å²) in [5.74, 6) is 0.307. The first-order valence-electron chi connectivity index (χ1n) is 13.9. The third-order valence-electron chi connectivity index (χ3n) is 7.95. The van der Waals surface area contributed by atoms with Gasteiger partial charge in [0, 0.05) is 58.2 Å². The minimum atomic E-state index is -1.25. The molecule has 40 heavy (non-hydrogen) atoms. The van der Waals surface area contributed by atoms with Gasteiger partial charge in [-0.3, -0.25) is 4.48 Å². The fourth-order valence-electron chi connectivity index (χ4n) is 5.84. The largest absolute Gasteiger partial charge is 0.530 e. The quantitative estimate of drug-likeness (QED) is 0.277. The molecule has 0 aromatic heterocycles. The summed E-state index contributed by atoms with van der Waals surface area (Å²) in [6.07, 6.45) is -0.893. The summed E-state index contributed by atoms with van der Waals surface area (Å²) < 4.78 is 29.2. The van der Waals surface area contributed by atoms with E-state index in [1.807, 2.05) is 42.5 Å². The standard InChI is InChI=1S/C30H42N2O8/c1-36-14-5-12-32(13-15-39-27-7-4-3-6-26(27)32)22-40-28-19-31(30(34)35)18-25(20-33)29(28)24-10-8-23(9-11-24)21-38-17-16-37-2/h3-4,6-11,25,28-29,33H,5,12-22H2,1-2H3/t25-,28-,29-,32?/m0/s1. The first-order valence-corrected chi connectivity index (χ1v) is 13.9. The molecule has 0 saturated carbocycles. The second-order valence-corrected chi connectivity index (χ2v) is 10.5. The number of nitrogens with zero attached hydrogens (tertiary/aromatic N) is 2. The zero-order valence-electron chi connectivity index (χ0n) is 23.5. The molecule has 0 aliphatic carbocycles. The predicted molar refractivity (Wildman–Crippen MR) is 148 cm³/mol. The number of quaternary nitrogens is 1. The molecule has 2 heterocycles. The van der Waals surface area contributed by atoms with E-state index in [2.05, 4.69) is 6.07 Å². The monoisotopic (exact) mass is 558 g/mol. The topological polar surface area (TPSA) is 110 Å². The van der Waals surface area contributed by atoms with E-state index in [0.29, 0.717) is 44.2 Å². The van der Waals surface area contributed by atoms with Crippen molar-refractivity contribution < 1.29 is 38.7 Å². The second kappa shape index (κ2) is 14.8. The van der Waals surface area contributed by atoms with Crippen LogP contribution < -0.4 is 14.3 Å². The molecule has 220 valence electrons. The first kappa shape index (κ1) is 30.2. The summed E-state index contributed by atoms with van der Waals surface area (Å²) in [5.41, 5.74) is 3.07. The molecule has 1 N–H and O–H groups in total. The highest BCUT2D eigenvalue weighted by molar-refractivity contribution is 5.63. The Balaban J connectivity index is 1.58. The molecular weight excluding hydrogens is 516 g/mol.